The highest BCUT2D eigenvalue weighted by atomic mass is 35.5. The predicted octanol–water partition coefficient (Wildman–Crippen LogP) is 1.22. The number of fused-ring (bicyclic) bond motifs is 2. The van der Waals surface area contributed by atoms with Crippen LogP contribution >= 0.6 is 19.2 Å². The first kappa shape index (κ1) is 24.5. The average Bonchev–Trinajstić information content (AvgIpc) is 3.47. The number of nitrogens with zero attached hydrogens (tertiary/aromatic N) is 4. The van der Waals surface area contributed by atoms with E-state index in [0.29, 0.717) is 16.9 Å². The molecule has 14 heteroatoms. The number of rotatable bonds is 8. The number of hydrogen-bond acceptors (Lipinski definition) is 9. The lowest BCUT2D eigenvalue weighted by atomic mass is 10.1. The molecule has 35 heavy (non-hydrogen) atoms. The zero-order chi connectivity index (χ0) is 24.7. The second-order valence-corrected chi connectivity index (χ2v) is 10.6. The molecule has 3 aromatic rings. The molecule has 1 aliphatic carbocycles. The summed E-state index contributed by atoms with van der Waals surface area (Å²) >= 11 is 6.22. The topological polar surface area (TPSA) is 172 Å². The molecule has 0 amide bonds. The number of ether oxygens (including phenoxy) is 2. The van der Waals surface area contributed by atoms with Crippen molar-refractivity contribution in [1.82, 2.24) is 19.7 Å². The van der Waals surface area contributed by atoms with E-state index in [1.165, 1.54) is 15.8 Å². The zero-order valence-electron chi connectivity index (χ0n) is 18.4. The molecule has 5 rings (SSSR count). The van der Waals surface area contributed by atoms with Crippen molar-refractivity contribution >= 4 is 36.0 Å². The van der Waals surface area contributed by atoms with Gasteiger partial charge in [0, 0.05) is 0 Å². The maximum absolute atomic E-state index is 11.0. The highest BCUT2D eigenvalue weighted by Gasteiger charge is 2.43. The van der Waals surface area contributed by atoms with Crippen LogP contribution in [0.25, 0.3) is 11.0 Å². The number of aliphatic hydroxyl groups excluding tert-OH is 2. The average molecular weight is 526 g/mol. The van der Waals surface area contributed by atoms with Crippen LogP contribution in [0.15, 0.2) is 30.5 Å². The van der Waals surface area contributed by atoms with Crippen molar-refractivity contribution in [2.24, 2.45) is 0 Å². The van der Waals surface area contributed by atoms with Gasteiger partial charge in [-0.1, -0.05) is 24.3 Å². The molecule has 0 unspecified atom stereocenters. The monoisotopic (exact) mass is 525 g/mol. The molecule has 2 aliphatic rings. The third-order valence-corrected chi connectivity index (χ3v) is 6.96. The molecule has 0 spiro atoms. The Morgan fingerprint density at radius 3 is 2.77 bits per heavy atom. The summed E-state index contributed by atoms with van der Waals surface area (Å²) in [6.45, 7) is -0.236. The van der Waals surface area contributed by atoms with E-state index in [2.05, 4.69) is 32.5 Å². The number of aromatic nitrogens is 4. The molecule has 0 bridgehead atoms. The van der Waals surface area contributed by atoms with Gasteiger partial charge < -0.3 is 34.8 Å². The number of aliphatic hydroxyl groups is 2. The van der Waals surface area contributed by atoms with Gasteiger partial charge in [-0.15, -0.1) is 0 Å². The van der Waals surface area contributed by atoms with Gasteiger partial charge in [0.1, 0.15) is 36.6 Å². The summed E-state index contributed by atoms with van der Waals surface area (Å²) in [4.78, 5) is 26.5. The molecule has 1 aromatic carbocycles. The van der Waals surface area contributed by atoms with Crippen LogP contribution in [0.4, 0.5) is 5.82 Å². The van der Waals surface area contributed by atoms with Crippen LogP contribution in [0.2, 0.25) is 5.28 Å². The van der Waals surface area contributed by atoms with Gasteiger partial charge in [0.15, 0.2) is 5.65 Å². The smallest absolute Gasteiger partial charge is 0.350 e. The Bertz CT molecular complexity index is 1270. The van der Waals surface area contributed by atoms with E-state index in [1.807, 2.05) is 12.1 Å². The molecular weight excluding hydrogens is 501 g/mol. The molecule has 0 radical (unpaired) electrons. The largest absolute Gasteiger partial charge is 0.388 e. The second-order valence-electron chi connectivity index (χ2n) is 8.70. The number of anilines is 1. The van der Waals surface area contributed by atoms with Crippen molar-refractivity contribution in [2.75, 3.05) is 18.3 Å². The van der Waals surface area contributed by atoms with Crippen molar-refractivity contribution < 1.29 is 34.0 Å². The summed E-state index contributed by atoms with van der Waals surface area (Å²) in [6.07, 6.45) is -1.69. The van der Waals surface area contributed by atoms with E-state index in [-0.39, 0.29) is 24.5 Å². The minimum atomic E-state index is -4.35. The third kappa shape index (κ3) is 5.20. The summed E-state index contributed by atoms with van der Waals surface area (Å²) in [5, 5.41) is 29.2. The Labute approximate surface area is 205 Å². The minimum Gasteiger partial charge on any atom is -0.388 e. The van der Waals surface area contributed by atoms with Crippen LogP contribution < -0.4 is 5.32 Å². The Hall–Kier alpha value is -2.15. The lowest BCUT2D eigenvalue weighted by Crippen LogP contribution is -2.35. The highest BCUT2D eigenvalue weighted by Crippen LogP contribution is 2.36. The molecule has 1 fully saturated rings. The van der Waals surface area contributed by atoms with Crippen LogP contribution in [0, 0.1) is 0 Å². The molecule has 3 heterocycles. The van der Waals surface area contributed by atoms with Crippen molar-refractivity contribution in [3.63, 3.8) is 0 Å². The summed E-state index contributed by atoms with van der Waals surface area (Å²) in [5.41, 5.74) is 2.94. The predicted molar refractivity (Wildman–Crippen MR) is 125 cm³/mol. The Kier molecular flexibility index (Phi) is 6.81. The third-order valence-electron chi connectivity index (χ3n) is 6.27. The Morgan fingerprint density at radius 1 is 1.20 bits per heavy atom. The summed E-state index contributed by atoms with van der Waals surface area (Å²) in [6, 6.07) is 8.31. The van der Waals surface area contributed by atoms with E-state index >= 15 is 0 Å². The fourth-order valence-electron chi connectivity index (χ4n) is 4.62. The van der Waals surface area contributed by atoms with Crippen molar-refractivity contribution in [3.05, 3.63) is 46.9 Å². The molecular formula is C21H25ClN5O7P. The molecule has 5 N–H and O–H groups in total. The summed E-state index contributed by atoms with van der Waals surface area (Å²) in [5.74, 6) is 0.546. The number of benzene rings is 1. The lowest BCUT2D eigenvalue weighted by Gasteiger charge is -2.16. The van der Waals surface area contributed by atoms with Crippen LogP contribution in [-0.2, 0) is 27.0 Å². The molecule has 1 saturated heterocycles. The van der Waals surface area contributed by atoms with Crippen LogP contribution in [0.3, 0.4) is 0 Å². The second kappa shape index (κ2) is 9.72. The zero-order valence-corrected chi connectivity index (χ0v) is 20.1. The van der Waals surface area contributed by atoms with Gasteiger partial charge >= 0.3 is 7.60 Å². The van der Waals surface area contributed by atoms with Crippen molar-refractivity contribution in [2.45, 2.75) is 49.8 Å². The number of aryl methyl sites for hydroxylation is 1. The van der Waals surface area contributed by atoms with E-state index in [0.717, 1.165) is 12.8 Å². The summed E-state index contributed by atoms with van der Waals surface area (Å²) in [7, 11) is -4.35. The minimum absolute atomic E-state index is 0.0321. The van der Waals surface area contributed by atoms with E-state index < -0.39 is 38.4 Å². The molecule has 2 aromatic heterocycles. The van der Waals surface area contributed by atoms with Gasteiger partial charge in [-0.05, 0) is 35.6 Å². The number of nitrogens with one attached hydrogen (secondary N) is 1. The lowest BCUT2D eigenvalue weighted by molar-refractivity contribution is -0.0421. The van der Waals surface area contributed by atoms with Gasteiger partial charge in [-0.2, -0.15) is 15.1 Å². The quantitative estimate of drug-likeness (QED) is 0.211. The van der Waals surface area contributed by atoms with Gasteiger partial charge in [0.25, 0.3) is 0 Å². The standard InChI is InChI=1S/C21H25ClN5O7P/c22-21-25-19(24-14-6-5-11-3-1-2-4-12(11)14)13-7-23-27(20(13)26-21)8-15-17(28)18(29)16(34-15)9-33-10-35(30,31)32/h1-4,7,14-18,28-29H,5-6,8-10H2,(H,24,25,26)(H2,30,31,32)/t14-,15-,16-,17+,18-/m1/s1. The number of halogens is 1. The van der Waals surface area contributed by atoms with Crippen LogP contribution in [0.1, 0.15) is 23.6 Å². The summed E-state index contributed by atoms with van der Waals surface area (Å²) < 4.78 is 23.1. The molecule has 5 atom stereocenters. The highest BCUT2D eigenvalue weighted by molar-refractivity contribution is 7.51. The van der Waals surface area contributed by atoms with E-state index in [9.17, 15) is 14.8 Å². The maximum atomic E-state index is 11.0. The van der Waals surface area contributed by atoms with Crippen molar-refractivity contribution in [1.29, 1.82) is 0 Å². The fourth-order valence-corrected chi connectivity index (χ4v) is 5.12. The number of hydrogen-bond donors (Lipinski definition) is 5. The Morgan fingerprint density at radius 2 is 1.97 bits per heavy atom. The van der Waals surface area contributed by atoms with E-state index in [4.69, 9.17) is 30.9 Å². The Balaban J connectivity index is 1.32. The maximum Gasteiger partial charge on any atom is 0.350 e. The molecule has 12 nitrogen and oxygen atoms in total. The van der Waals surface area contributed by atoms with Gasteiger partial charge in [0.05, 0.1) is 30.8 Å². The normalized spacial score (nSPS) is 26.4. The first-order chi connectivity index (χ1) is 16.7. The van der Waals surface area contributed by atoms with Crippen molar-refractivity contribution in [3.8, 4) is 0 Å². The van der Waals surface area contributed by atoms with Gasteiger partial charge in [-0.3, -0.25) is 4.57 Å². The van der Waals surface area contributed by atoms with Crippen LogP contribution in [-0.4, -0.2) is 77.1 Å². The van der Waals surface area contributed by atoms with E-state index in [1.54, 1.807) is 6.20 Å². The van der Waals surface area contributed by atoms with Crippen LogP contribution in [0.5, 0.6) is 0 Å². The first-order valence-electron chi connectivity index (χ1n) is 11.1. The fraction of sp³-hybridized carbons (Fsp3) is 0.476. The SMILES string of the molecule is O=P(O)(O)COC[C@H]1O[C@H](Cn2ncc3c(N[C@@H]4CCc5ccccc54)nc(Cl)nc32)[C@H](O)[C@@H]1O. The molecule has 188 valence electrons. The molecule has 0 saturated carbocycles. The van der Waals surface area contributed by atoms with Gasteiger partial charge in [-0.25, -0.2) is 4.68 Å². The van der Waals surface area contributed by atoms with Gasteiger partial charge in [0.2, 0.25) is 5.28 Å². The molecule has 1 aliphatic heterocycles. The first-order valence-corrected chi connectivity index (χ1v) is 13.2.